The van der Waals surface area contributed by atoms with E-state index >= 15 is 0 Å². The van der Waals surface area contributed by atoms with Gasteiger partial charge in [-0.1, -0.05) is 0 Å². The fraction of sp³-hybridized carbons (Fsp3) is 0.222. The molecule has 0 unspecified atom stereocenters. The molecule has 8 nitrogen and oxygen atoms in total. The summed E-state index contributed by atoms with van der Waals surface area (Å²) in [6.07, 6.45) is -1.26. The van der Waals surface area contributed by atoms with E-state index in [2.05, 4.69) is 5.32 Å². The Labute approximate surface area is 101 Å². The van der Waals surface area contributed by atoms with Crippen molar-refractivity contribution in [3.8, 4) is 0 Å². The zero-order chi connectivity index (χ0) is 13.3. The van der Waals surface area contributed by atoms with Crippen molar-refractivity contribution in [3.63, 3.8) is 0 Å². The fourth-order valence-corrected chi connectivity index (χ4v) is 1.80. The molecule has 3 N–H and O–H groups in total. The number of rotatable bonds is 3. The molecular weight excluding hydrogens is 243 g/mol. The Morgan fingerprint density at radius 2 is 2.33 bits per heavy atom. The highest BCUT2D eigenvalue weighted by atomic mass is 16.6. The van der Waals surface area contributed by atoms with Crippen LogP contribution in [-0.2, 0) is 17.8 Å². The second kappa shape index (κ2) is 4.63. The Morgan fingerprint density at radius 1 is 1.61 bits per heavy atom. The van der Waals surface area contributed by atoms with Gasteiger partial charge in [0.15, 0.2) is 0 Å². The lowest BCUT2D eigenvalue weighted by Crippen LogP contribution is -2.29. The molecule has 0 aromatic heterocycles. The van der Waals surface area contributed by atoms with Crippen LogP contribution in [0, 0.1) is 10.1 Å². The van der Waals surface area contributed by atoms with Gasteiger partial charge in [0, 0.05) is 11.6 Å². The van der Waals surface area contributed by atoms with Gasteiger partial charge in [-0.2, -0.15) is 0 Å². The van der Waals surface area contributed by atoms with Crippen LogP contribution < -0.4 is 10.8 Å². The number of nitro benzene ring substituents is 1. The summed E-state index contributed by atoms with van der Waals surface area (Å²) in [5.74, 6) is 0. The van der Waals surface area contributed by atoms with Crippen LogP contribution in [-0.4, -0.2) is 28.3 Å². The lowest BCUT2D eigenvalue weighted by molar-refractivity contribution is -0.385. The molecule has 0 atom stereocenters. The molecule has 2 rings (SSSR count). The molecule has 1 amide bonds. The highest BCUT2D eigenvalue weighted by molar-refractivity contribution is 6.61. The number of fused-ring (bicyclic) bond motifs is 1. The standard InChI is InChI=1S/C9H9BN2O6/c13-9(14)11-3-5-1-6-4-18-10(15)7(6)2-8(5)12(16)17/h1-2,11,15H,3-4H2,(H,13,14). The number of hydrogen-bond acceptors (Lipinski definition) is 5. The molecule has 0 fully saturated rings. The third-order valence-corrected chi connectivity index (χ3v) is 2.63. The van der Waals surface area contributed by atoms with Crippen LogP contribution >= 0.6 is 0 Å². The predicted octanol–water partition coefficient (Wildman–Crippen LogP) is -0.420. The lowest BCUT2D eigenvalue weighted by atomic mass is 9.78. The van der Waals surface area contributed by atoms with Crippen LogP contribution in [0.2, 0.25) is 0 Å². The number of carbonyl (C=O) groups is 1. The van der Waals surface area contributed by atoms with Crippen molar-refractivity contribution in [1.82, 2.24) is 5.32 Å². The van der Waals surface area contributed by atoms with Crippen LogP contribution in [0.4, 0.5) is 10.5 Å². The summed E-state index contributed by atoms with van der Waals surface area (Å²) in [7, 11) is -1.17. The highest BCUT2D eigenvalue weighted by Crippen LogP contribution is 2.22. The summed E-state index contributed by atoms with van der Waals surface area (Å²) in [6.45, 7) is -0.0242. The van der Waals surface area contributed by atoms with Gasteiger partial charge in [-0.3, -0.25) is 10.1 Å². The zero-order valence-corrected chi connectivity index (χ0v) is 9.12. The summed E-state index contributed by atoms with van der Waals surface area (Å²) in [5, 5.41) is 30.9. The highest BCUT2D eigenvalue weighted by Gasteiger charge is 2.31. The first kappa shape index (κ1) is 12.3. The van der Waals surface area contributed by atoms with Crippen molar-refractivity contribution in [2.45, 2.75) is 13.2 Å². The van der Waals surface area contributed by atoms with Gasteiger partial charge in [0.2, 0.25) is 0 Å². The van der Waals surface area contributed by atoms with Gasteiger partial charge in [0.1, 0.15) is 0 Å². The van der Waals surface area contributed by atoms with E-state index in [-0.39, 0.29) is 24.4 Å². The first-order valence-corrected chi connectivity index (χ1v) is 5.05. The number of amides is 1. The summed E-state index contributed by atoms with van der Waals surface area (Å²) in [6, 6.07) is 2.69. The SMILES string of the molecule is O=C(O)NCc1cc2c(cc1[N+](=O)[O-])B(O)OC2. The monoisotopic (exact) mass is 252 g/mol. The van der Waals surface area contributed by atoms with E-state index < -0.39 is 18.1 Å². The Kier molecular flexibility index (Phi) is 3.17. The molecule has 1 heterocycles. The van der Waals surface area contributed by atoms with Crippen molar-refractivity contribution in [3.05, 3.63) is 33.4 Å². The molecule has 0 spiro atoms. The van der Waals surface area contributed by atoms with Crippen molar-refractivity contribution in [2.24, 2.45) is 0 Å². The maximum absolute atomic E-state index is 10.9. The van der Waals surface area contributed by atoms with E-state index in [1.54, 1.807) is 0 Å². The van der Waals surface area contributed by atoms with Gasteiger partial charge in [0.05, 0.1) is 18.1 Å². The Balaban J connectivity index is 2.38. The third kappa shape index (κ3) is 2.26. The first-order chi connectivity index (χ1) is 8.49. The summed E-state index contributed by atoms with van der Waals surface area (Å²) < 4.78 is 4.93. The predicted molar refractivity (Wildman–Crippen MR) is 60.4 cm³/mol. The molecule has 0 saturated heterocycles. The number of nitro groups is 1. The minimum Gasteiger partial charge on any atom is -0.465 e. The largest absolute Gasteiger partial charge is 0.492 e. The van der Waals surface area contributed by atoms with Gasteiger partial charge in [0.25, 0.3) is 5.69 Å². The molecule has 0 aliphatic carbocycles. The summed E-state index contributed by atoms with van der Waals surface area (Å²) >= 11 is 0. The quantitative estimate of drug-likeness (QED) is 0.381. The van der Waals surface area contributed by atoms with Crippen molar-refractivity contribution >= 4 is 24.4 Å². The van der Waals surface area contributed by atoms with Crippen LogP contribution in [0.1, 0.15) is 11.1 Å². The molecule has 0 radical (unpaired) electrons. The smallest absolute Gasteiger partial charge is 0.465 e. The Morgan fingerprint density at radius 3 is 2.94 bits per heavy atom. The van der Waals surface area contributed by atoms with E-state index in [4.69, 9.17) is 9.76 Å². The molecule has 94 valence electrons. The zero-order valence-electron chi connectivity index (χ0n) is 9.12. The second-order valence-corrected chi connectivity index (χ2v) is 3.76. The molecule has 1 aliphatic heterocycles. The van der Waals surface area contributed by atoms with Crippen LogP contribution in [0.3, 0.4) is 0 Å². The molecule has 18 heavy (non-hydrogen) atoms. The third-order valence-electron chi connectivity index (χ3n) is 2.63. The number of nitrogens with one attached hydrogen (secondary N) is 1. The van der Waals surface area contributed by atoms with Gasteiger partial charge < -0.3 is 20.1 Å². The fourth-order valence-electron chi connectivity index (χ4n) is 1.80. The maximum atomic E-state index is 10.9. The van der Waals surface area contributed by atoms with Gasteiger partial charge in [-0.25, -0.2) is 4.79 Å². The van der Waals surface area contributed by atoms with E-state index in [0.29, 0.717) is 11.0 Å². The van der Waals surface area contributed by atoms with Gasteiger partial charge in [-0.05, 0) is 17.1 Å². The molecule has 1 aliphatic rings. The van der Waals surface area contributed by atoms with Crippen molar-refractivity contribution < 1.29 is 24.5 Å². The summed E-state index contributed by atoms with van der Waals surface area (Å²) in [5.41, 5.74) is 0.960. The normalized spacial score (nSPS) is 13.3. The van der Waals surface area contributed by atoms with E-state index in [1.807, 2.05) is 0 Å². The van der Waals surface area contributed by atoms with E-state index in [9.17, 15) is 19.9 Å². The molecule has 0 saturated carbocycles. The van der Waals surface area contributed by atoms with Crippen LogP contribution in [0.5, 0.6) is 0 Å². The number of nitrogens with zero attached hydrogens (tertiary/aromatic N) is 1. The van der Waals surface area contributed by atoms with Crippen molar-refractivity contribution in [2.75, 3.05) is 0 Å². The van der Waals surface area contributed by atoms with Crippen LogP contribution in [0.15, 0.2) is 12.1 Å². The lowest BCUT2D eigenvalue weighted by Gasteiger charge is -2.06. The number of carboxylic acid groups (broad SMARTS) is 1. The molecular formula is C9H9BN2O6. The average Bonchev–Trinajstić information content (AvgIpc) is 2.66. The molecule has 9 heteroatoms. The Hall–Kier alpha value is -2.13. The topological polar surface area (TPSA) is 122 Å². The molecule has 1 aromatic rings. The van der Waals surface area contributed by atoms with E-state index in [0.717, 1.165) is 0 Å². The average molecular weight is 252 g/mol. The van der Waals surface area contributed by atoms with E-state index in [1.165, 1.54) is 12.1 Å². The van der Waals surface area contributed by atoms with Gasteiger partial charge in [-0.15, -0.1) is 0 Å². The maximum Gasteiger partial charge on any atom is 0.492 e. The van der Waals surface area contributed by atoms with Gasteiger partial charge >= 0.3 is 13.2 Å². The van der Waals surface area contributed by atoms with Crippen LogP contribution in [0.25, 0.3) is 0 Å². The Bertz CT molecular complexity index is 520. The number of hydrogen-bond donors (Lipinski definition) is 3. The minimum absolute atomic E-state index is 0.147. The minimum atomic E-state index is -1.26. The second-order valence-electron chi connectivity index (χ2n) is 3.76. The molecule has 0 bridgehead atoms. The molecule has 1 aromatic carbocycles. The first-order valence-electron chi connectivity index (χ1n) is 5.05. The number of benzene rings is 1. The van der Waals surface area contributed by atoms with Crippen molar-refractivity contribution in [1.29, 1.82) is 0 Å². The summed E-state index contributed by atoms with van der Waals surface area (Å²) in [4.78, 5) is 20.7.